The number of carbonyl (C=O) groups excluding carboxylic acids is 1. The van der Waals surface area contributed by atoms with E-state index in [1.807, 2.05) is 12.1 Å². The highest BCUT2D eigenvalue weighted by molar-refractivity contribution is 5.98. The van der Waals surface area contributed by atoms with Gasteiger partial charge >= 0.3 is 0 Å². The van der Waals surface area contributed by atoms with Crippen molar-refractivity contribution < 1.29 is 14.6 Å². The minimum atomic E-state index is -0.591. The topological polar surface area (TPSA) is 98.6 Å². The molecule has 0 aromatic heterocycles. The molecule has 0 bridgehead atoms. The maximum atomic E-state index is 11.2. The lowest BCUT2D eigenvalue weighted by atomic mass is 10.1. The van der Waals surface area contributed by atoms with Gasteiger partial charge in [0.05, 0.1) is 5.56 Å². The molecule has 0 atom stereocenters. The molecule has 0 aliphatic heterocycles. The number of anilines is 1. The fourth-order valence-electron chi connectivity index (χ4n) is 1.80. The van der Waals surface area contributed by atoms with E-state index in [0.717, 1.165) is 5.56 Å². The summed E-state index contributed by atoms with van der Waals surface area (Å²) < 4.78 is 5.63. The summed E-state index contributed by atoms with van der Waals surface area (Å²) in [6.07, 6.45) is 0.605. The van der Waals surface area contributed by atoms with Gasteiger partial charge in [0, 0.05) is 12.3 Å². The van der Waals surface area contributed by atoms with Gasteiger partial charge in [0.1, 0.15) is 11.5 Å². The second kappa shape index (κ2) is 6.08. The molecule has 2 rings (SSSR count). The standard InChI is InChI=1S/C15H16N2O3/c16-14-6-5-12(9-13(14)15(17)19)20-11-3-1-10(2-4-11)7-8-18/h1-6,9,18H,7-8,16H2,(H2,17,19). The highest BCUT2D eigenvalue weighted by Crippen LogP contribution is 2.25. The third-order valence-corrected chi connectivity index (χ3v) is 2.85. The molecule has 5 N–H and O–H groups in total. The number of primary amides is 1. The molecular formula is C15H16N2O3. The van der Waals surface area contributed by atoms with Gasteiger partial charge in [-0.2, -0.15) is 0 Å². The van der Waals surface area contributed by atoms with E-state index in [4.69, 9.17) is 21.3 Å². The van der Waals surface area contributed by atoms with Crippen LogP contribution >= 0.6 is 0 Å². The first-order valence-corrected chi connectivity index (χ1v) is 6.17. The van der Waals surface area contributed by atoms with Crippen molar-refractivity contribution in [1.82, 2.24) is 0 Å². The van der Waals surface area contributed by atoms with E-state index in [2.05, 4.69) is 0 Å². The molecule has 2 aromatic carbocycles. The molecule has 0 spiro atoms. The monoisotopic (exact) mass is 272 g/mol. The van der Waals surface area contributed by atoms with Crippen LogP contribution < -0.4 is 16.2 Å². The average Bonchev–Trinajstić information content (AvgIpc) is 2.43. The number of ether oxygens (including phenoxy) is 1. The Hall–Kier alpha value is -2.53. The second-order valence-corrected chi connectivity index (χ2v) is 4.33. The molecule has 0 fully saturated rings. The predicted octanol–water partition coefficient (Wildman–Crippen LogP) is 1.69. The van der Waals surface area contributed by atoms with Gasteiger partial charge < -0.3 is 21.3 Å². The lowest BCUT2D eigenvalue weighted by molar-refractivity contribution is 0.100. The number of nitrogen functional groups attached to an aromatic ring is 1. The minimum absolute atomic E-state index is 0.111. The zero-order chi connectivity index (χ0) is 14.5. The van der Waals surface area contributed by atoms with Gasteiger partial charge in [0.25, 0.3) is 5.91 Å². The molecule has 104 valence electrons. The summed E-state index contributed by atoms with van der Waals surface area (Å²) in [5.74, 6) is 0.529. The summed E-state index contributed by atoms with van der Waals surface area (Å²) in [6, 6.07) is 12.1. The summed E-state index contributed by atoms with van der Waals surface area (Å²) in [7, 11) is 0. The van der Waals surface area contributed by atoms with E-state index in [1.54, 1.807) is 24.3 Å². The van der Waals surface area contributed by atoms with Crippen molar-refractivity contribution in [3.05, 3.63) is 53.6 Å². The van der Waals surface area contributed by atoms with Gasteiger partial charge in [-0.3, -0.25) is 4.79 Å². The Balaban J connectivity index is 2.17. The predicted molar refractivity (Wildman–Crippen MR) is 76.7 cm³/mol. The van der Waals surface area contributed by atoms with Gasteiger partial charge in [0.2, 0.25) is 0 Å². The van der Waals surface area contributed by atoms with Gasteiger partial charge in [-0.1, -0.05) is 12.1 Å². The summed E-state index contributed by atoms with van der Waals surface area (Å²) in [4.78, 5) is 11.2. The normalized spacial score (nSPS) is 10.2. The maximum absolute atomic E-state index is 11.2. The number of benzene rings is 2. The smallest absolute Gasteiger partial charge is 0.250 e. The molecule has 5 heteroatoms. The Morgan fingerprint density at radius 3 is 2.35 bits per heavy atom. The van der Waals surface area contributed by atoms with Crippen molar-refractivity contribution in [1.29, 1.82) is 0 Å². The van der Waals surface area contributed by atoms with E-state index in [-0.39, 0.29) is 12.2 Å². The summed E-state index contributed by atoms with van der Waals surface area (Å²) >= 11 is 0. The molecule has 0 heterocycles. The van der Waals surface area contributed by atoms with Crippen LogP contribution in [0.5, 0.6) is 11.5 Å². The number of rotatable bonds is 5. The van der Waals surface area contributed by atoms with Crippen LogP contribution in [0, 0.1) is 0 Å². The van der Waals surface area contributed by atoms with Crippen LogP contribution in [0.25, 0.3) is 0 Å². The van der Waals surface area contributed by atoms with Crippen LogP contribution in [0.3, 0.4) is 0 Å². The number of aliphatic hydroxyl groups is 1. The number of hydrogen-bond acceptors (Lipinski definition) is 4. The zero-order valence-corrected chi connectivity index (χ0v) is 10.9. The molecule has 0 aliphatic carbocycles. The van der Waals surface area contributed by atoms with Crippen LogP contribution in [0.2, 0.25) is 0 Å². The molecular weight excluding hydrogens is 256 g/mol. The molecule has 5 nitrogen and oxygen atoms in total. The number of amides is 1. The molecule has 0 unspecified atom stereocenters. The van der Waals surface area contributed by atoms with Crippen LogP contribution in [0.15, 0.2) is 42.5 Å². The molecule has 0 radical (unpaired) electrons. The Labute approximate surface area is 116 Å². The quantitative estimate of drug-likeness (QED) is 0.721. The van der Waals surface area contributed by atoms with Crippen molar-refractivity contribution >= 4 is 11.6 Å². The van der Waals surface area contributed by atoms with Crippen molar-refractivity contribution in [3.63, 3.8) is 0 Å². The molecule has 0 saturated carbocycles. The Bertz CT molecular complexity index is 609. The third kappa shape index (κ3) is 3.27. The number of aliphatic hydroxyl groups excluding tert-OH is 1. The van der Waals surface area contributed by atoms with Crippen LogP contribution in [0.4, 0.5) is 5.69 Å². The first-order chi connectivity index (χ1) is 9.60. The number of carbonyl (C=O) groups is 1. The van der Waals surface area contributed by atoms with Crippen molar-refractivity contribution in [2.24, 2.45) is 5.73 Å². The highest BCUT2D eigenvalue weighted by atomic mass is 16.5. The fourth-order valence-corrected chi connectivity index (χ4v) is 1.80. The zero-order valence-electron chi connectivity index (χ0n) is 10.9. The largest absolute Gasteiger partial charge is 0.457 e. The van der Waals surface area contributed by atoms with E-state index < -0.39 is 5.91 Å². The summed E-state index contributed by atoms with van der Waals surface area (Å²) in [6.45, 7) is 0.111. The van der Waals surface area contributed by atoms with Crippen LogP contribution in [-0.2, 0) is 6.42 Å². The second-order valence-electron chi connectivity index (χ2n) is 4.33. The van der Waals surface area contributed by atoms with Crippen molar-refractivity contribution in [2.75, 3.05) is 12.3 Å². The molecule has 0 saturated heterocycles. The van der Waals surface area contributed by atoms with Crippen molar-refractivity contribution in [3.8, 4) is 11.5 Å². The summed E-state index contributed by atoms with van der Waals surface area (Å²) in [5.41, 5.74) is 12.5. The number of nitrogens with two attached hydrogens (primary N) is 2. The summed E-state index contributed by atoms with van der Waals surface area (Å²) in [5, 5.41) is 8.85. The van der Waals surface area contributed by atoms with E-state index in [9.17, 15) is 4.79 Å². The Morgan fingerprint density at radius 1 is 1.10 bits per heavy atom. The third-order valence-electron chi connectivity index (χ3n) is 2.85. The molecule has 2 aromatic rings. The van der Waals surface area contributed by atoms with E-state index in [1.165, 1.54) is 6.07 Å². The highest BCUT2D eigenvalue weighted by Gasteiger charge is 2.08. The molecule has 1 amide bonds. The average molecular weight is 272 g/mol. The van der Waals surface area contributed by atoms with Gasteiger partial charge in [-0.25, -0.2) is 0 Å². The first-order valence-electron chi connectivity index (χ1n) is 6.17. The van der Waals surface area contributed by atoms with Gasteiger partial charge in [-0.05, 0) is 42.3 Å². The Kier molecular flexibility index (Phi) is 4.22. The lowest BCUT2D eigenvalue weighted by Crippen LogP contribution is -2.13. The first kappa shape index (κ1) is 13.9. The van der Waals surface area contributed by atoms with Crippen molar-refractivity contribution in [2.45, 2.75) is 6.42 Å². The molecule has 20 heavy (non-hydrogen) atoms. The van der Waals surface area contributed by atoms with Crippen LogP contribution in [-0.4, -0.2) is 17.6 Å². The van der Waals surface area contributed by atoms with E-state index in [0.29, 0.717) is 23.6 Å². The maximum Gasteiger partial charge on any atom is 0.250 e. The van der Waals surface area contributed by atoms with E-state index >= 15 is 0 Å². The molecule has 0 aliphatic rings. The number of hydrogen-bond donors (Lipinski definition) is 3. The minimum Gasteiger partial charge on any atom is -0.457 e. The lowest BCUT2D eigenvalue weighted by Gasteiger charge is -2.09. The van der Waals surface area contributed by atoms with Gasteiger partial charge in [-0.15, -0.1) is 0 Å². The SMILES string of the molecule is NC(=O)c1cc(Oc2ccc(CCO)cc2)ccc1N. The fraction of sp³-hybridized carbons (Fsp3) is 0.133. The Morgan fingerprint density at radius 2 is 1.75 bits per heavy atom. The van der Waals surface area contributed by atoms with Gasteiger partial charge in [0.15, 0.2) is 0 Å². The van der Waals surface area contributed by atoms with Crippen LogP contribution in [0.1, 0.15) is 15.9 Å².